The molecule has 0 fully saturated rings. The van der Waals surface area contributed by atoms with Crippen LogP contribution in [0.5, 0.6) is 0 Å². The number of carbonyl (C=O) groups excluding carboxylic acids is 1. The Kier molecular flexibility index (Phi) is 10.1. The summed E-state index contributed by atoms with van der Waals surface area (Å²) in [5, 5.41) is 3.64. The van der Waals surface area contributed by atoms with E-state index in [9.17, 15) is 4.79 Å². The van der Waals surface area contributed by atoms with Gasteiger partial charge in [0.15, 0.2) is 0 Å². The van der Waals surface area contributed by atoms with Crippen molar-refractivity contribution in [2.75, 3.05) is 0 Å². The summed E-state index contributed by atoms with van der Waals surface area (Å²) >= 11 is 3.62. The van der Waals surface area contributed by atoms with Crippen LogP contribution in [-0.4, -0.2) is 27.1 Å². The van der Waals surface area contributed by atoms with Gasteiger partial charge in [-0.05, 0) is 57.6 Å². The molecule has 0 aliphatic carbocycles. The zero-order valence-corrected chi connectivity index (χ0v) is 21.9. The Balaban J connectivity index is 2.22. The molecule has 2 rings (SSSR count). The van der Waals surface area contributed by atoms with Crippen LogP contribution in [0.1, 0.15) is 84.3 Å². The summed E-state index contributed by atoms with van der Waals surface area (Å²) in [7, 11) is 0. The minimum absolute atomic E-state index is 0.0495. The first-order valence-electron chi connectivity index (χ1n) is 11.3. The number of carbonyl (C=O) groups is 1. The third kappa shape index (κ3) is 9.78. The van der Waals surface area contributed by atoms with Gasteiger partial charge >= 0.3 is 5.97 Å². The molecule has 0 spiro atoms. The predicted octanol–water partition coefficient (Wildman–Crippen LogP) is 7.77. The highest BCUT2D eigenvalue weighted by atomic mass is 32.2. The lowest BCUT2D eigenvalue weighted by atomic mass is 10.0. The molecule has 0 N–H and O–H groups in total. The number of thiazole rings is 1. The molecule has 1 aliphatic heterocycles. The Morgan fingerprint density at radius 1 is 1.29 bits per heavy atom. The molecule has 0 amide bonds. The molecule has 0 saturated heterocycles. The Morgan fingerprint density at radius 3 is 2.71 bits per heavy atom. The van der Waals surface area contributed by atoms with Crippen molar-refractivity contribution in [1.29, 1.82) is 0 Å². The SMILES string of the molecule is C/C1=C/C[C@@H](/C(C)=C/c2csc(C)n2)OC(=O)CCC(C)(C)SC(C)CC(C)/C=C\C1. The number of aryl methyl sites for hydroxylation is 1. The van der Waals surface area contributed by atoms with Gasteiger partial charge in [0.05, 0.1) is 10.7 Å². The first-order chi connectivity index (χ1) is 14.5. The highest BCUT2D eigenvalue weighted by Gasteiger charge is 2.25. The predicted molar refractivity (Wildman–Crippen MR) is 137 cm³/mol. The van der Waals surface area contributed by atoms with Gasteiger partial charge in [0.25, 0.3) is 0 Å². The van der Waals surface area contributed by atoms with Crippen LogP contribution in [0, 0.1) is 12.8 Å². The second-order valence-corrected chi connectivity index (χ2v) is 12.7. The van der Waals surface area contributed by atoms with Crippen LogP contribution in [0.4, 0.5) is 0 Å². The Hall–Kier alpha value is -1.33. The summed E-state index contributed by atoms with van der Waals surface area (Å²) < 4.78 is 6.02. The van der Waals surface area contributed by atoms with Crippen molar-refractivity contribution in [1.82, 2.24) is 4.98 Å². The van der Waals surface area contributed by atoms with Crippen LogP contribution in [0.15, 0.2) is 34.8 Å². The fourth-order valence-corrected chi connectivity index (χ4v) is 6.13. The zero-order chi connectivity index (χ0) is 23.0. The van der Waals surface area contributed by atoms with Crippen molar-refractivity contribution in [3.05, 3.63) is 45.5 Å². The van der Waals surface area contributed by atoms with Crippen LogP contribution < -0.4 is 0 Å². The summed E-state index contributed by atoms with van der Waals surface area (Å²) in [4.78, 5) is 17.3. The minimum atomic E-state index is -0.255. The third-order valence-electron chi connectivity index (χ3n) is 5.53. The zero-order valence-electron chi connectivity index (χ0n) is 20.2. The van der Waals surface area contributed by atoms with Crippen LogP contribution in [0.25, 0.3) is 6.08 Å². The smallest absolute Gasteiger partial charge is 0.306 e. The van der Waals surface area contributed by atoms with E-state index in [2.05, 4.69) is 57.8 Å². The summed E-state index contributed by atoms with van der Waals surface area (Å²) in [6.45, 7) is 15.3. The second kappa shape index (κ2) is 12.1. The minimum Gasteiger partial charge on any atom is -0.457 e. The molecule has 3 atom stereocenters. The number of rotatable bonds is 2. The number of aromatic nitrogens is 1. The van der Waals surface area contributed by atoms with E-state index in [1.54, 1.807) is 11.3 Å². The van der Waals surface area contributed by atoms with Gasteiger partial charge in [-0.15, -0.1) is 11.3 Å². The average molecular weight is 462 g/mol. The second-order valence-electron chi connectivity index (χ2n) is 9.48. The molecule has 3 nitrogen and oxygen atoms in total. The Labute approximate surface area is 197 Å². The number of thioether (sulfide) groups is 1. The molecule has 0 radical (unpaired) electrons. The van der Waals surface area contributed by atoms with E-state index < -0.39 is 0 Å². The third-order valence-corrected chi connectivity index (χ3v) is 7.76. The number of hydrogen-bond donors (Lipinski definition) is 0. The molecule has 1 aliphatic rings. The molecular weight excluding hydrogens is 422 g/mol. The lowest BCUT2D eigenvalue weighted by molar-refractivity contribution is -0.147. The van der Waals surface area contributed by atoms with Crippen LogP contribution >= 0.6 is 23.1 Å². The number of esters is 1. The molecule has 1 aromatic heterocycles. The lowest BCUT2D eigenvalue weighted by Gasteiger charge is -2.29. The maximum Gasteiger partial charge on any atom is 0.306 e. The van der Waals surface area contributed by atoms with E-state index in [-0.39, 0.29) is 16.8 Å². The van der Waals surface area contributed by atoms with Gasteiger partial charge in [0.2, 0.25) is 0 Å². The summed E-state index contributed by atoms with van der Waals surface area (Å²) in [6.07, 6.45) is 12.7. The molecular formula is C26H39NO2S2. The van der Waals surface area contributed by atoms with Crippen molar-refractivity contribution in [2.45, 2.75) is 96.7 Å². The largest absolute Gasteiger partial charge is 0.457 e. The fourth-order valence-electron chi connectivity index (χ4n) is 3.85. The number of hydrogen-bond acceptors (Lipinski definition) is 5. The van der Waals surface area contributed by atoms with Crippen LogP contribution in [0.2, 0.25) is 0 Å². The van der Waals surface area contributed by atoms with E-state index in [4.69, 9.17) is 4.74 Å². The molecule has 0 bridgehead atoms. The van der Waals surface area contributed by atoms with Gasteiger partial charge < -0.3 is 4.74 Å². The van der Waals surface area contributed by atoms with E-state index in [0.717, 1.165) is 35.5 Å². The van der Waals surface area contributed by atoms with E-state index in [1.807, 2.05) is 37.1 Å². The van der Waals surface area contributed by atoms with Gasteiger partial charge in [-0.2, -0.15) is 11.8 Å². The number of nitrogens with zero attached hydrogens (tertiary/aromatic N) is 1. The number of ether oxygens (including phenoxy) is 1. The van der Waals surface area contributed by atoms with E-state index in [1.165, 1.54) is 5.57 Å². The van der Waals surface area contributed by atoms with Crippen molar-refractivity contribution in [3.8, 4) is 0 Å². The molecule has 2 unspecified atom stereocenters. The monoisotopic (exact) mass is 461 g/mol. The first-order valence-corrected chi connectivity index (χ1v) is 13.1. The quantitative estimate of drug-likeness (QED) is 0.333. The highest BCUT2D eigenvalue weighted by molar-refractivity contribution is 8.01. The lowest BCUT2D eigenvalue weighted by Crippen LogP contribution is -2.24. The molecule has 0 saturated carbocycles. The normalized spacial score (nSPS) is 29.6. The molecule has 1 aromatic rings. The number of allylic oxidation sites excluding steroid dienone is 3. The van der Waals surface area contributed by atoms with Crippen LogP contribution in [0.3, 0.4) is 0 Å². The molecule has 2 heterocycles. The number of cyclic esters (lactones) is 1. The van der Waals surface area contributed by atoms with Crippen molar-refractivity contribution in [2.24, 2.45) is 5.92 Å². The van der Waals surface area contributed by atoms with Gasteiger partial charge in [-0.25, -0.2) is 4.98 Å². The maximum atomic E-state index is 12.7. The molecule has 172 valence electrons. The standard InChI is InChI=1S/C26H39NO2S2/c1-18-9-8-10-19(2)15-21(4)31-26(6,7)14-13-25(28)29-24(12-11-18)20(3)16-23-17-30-22(5)27-23/h8,10-11,16-17,19,21,24H,9,12-15H2,1-7H3/b10-8-,18-11-,20-16+/t19?,21?,24-/m0/s1. The topological polar surface area (TPSA) is 39.2 Å². The fraction of sp³-hybridized carbons (Fsp3) is 0.615. The van der Waals surface area contributed by atoms with E-state index >= 15 is 0 Å². The Bertz CT molecular complexity index is 819. The van der Waals surface area contributed by atoms with Crippen LogP contribution in [-0.2, 0) is 9.53 Å². The molecule has 0 aromatic carbocycles. The summed E-state index contributed by atoms with van der Waals surface area (Å²) in [5.74, 6) is 0.448. The van der Waals surface area contributed by atoms with Gasteiger partial charge in [0, 0.05) is 28.2 Å². The highest BCUT2D eigenvalue weighted by Crippen LogP contribution is 2.36. The van der Waals surface area contributed by atoms with Crippen molar-refractivity contribution in [3.63, 3.8) is 0 Å². The van der Waals surface area contributed by atoms with Gasteiger partial charge in [-0.3, -0.25) is 4.79 Å². The van der Waals surface area contributed by atoms with Gasteiger partial charge in [0.1, 0.15) is 6.10 Å². The Morgan fingerprint density at radius 2 is 2.03 bits per heavy atom. The first kappa shape index (κ1) is 25.9. The molecule has 31 heavy (non-hydrogen) atoms. The van der Waals surface area contributed by atoms with Crippen molar-refractivity contribution < 1.29 is 9.53 Å². The average Bonchev–Trinajstić information content (AvgIpc) is 3.06. The molecule has 5 heteroatoms. The van der Waals surface area contributed by atoms with Gasteiger partial charge in [-0.1, -0.05) is 51.5 Å². The maximum absolute atomic E-state index is 12.7. The summed E-state index contributed by atoms with van der Waals surface area (Å²) in [5.41, 5.74) is 3.28. The summed E-state index contributed by atoms with van der Waals surface area (Å²) in [6, 6.07) is 0. The van der Waals surface area contributed by atoms with Crippen molar-refractivity contribution >= 4 is 35.1 Å². The van der Waals surface area contributed by atoms with E-state index in [0.29, 0.717) is 24.0 Å².